The Bertz CT molecular complexity index is 1160. The van der Waals surface area contributed by atoms with Gasteiger partial charge in [0.2, 0.25) is 0 Å². The predicted molar refractivity (Wildman–Crippen MR) is 104 cm³/mol. The minimum atomic E-state index is -0.203. The van der Waals surface area contributed by atoms with Crippen molar-refractivity contribution in [2.24, 2.45) is 0 Å². The Labute approximate surface area is 156 Å². The first-order valence-electron chi connectivity index (χ1n) is 8.93. The van der Waals surface area contributed by atoms with Gasteiger partial charge in [-0.2, -0.15) is 9.61 Å². The first kappa shape index (κ1) is 17.3. The Hall–Kier alpha value is -3.13. The van der Waals surface area contributed by atoms with Crippen molar-refractivity contribution in [3.05, 3.63) is 52.7 Å². The van der Waals surface area contributed by atoms with Crippen molar-refractivity contribution in [3.63, 3.8) is 0 Å². The maximum Gasteiger partial charge on any atom is 0.283 e. The summed E-state index contributed by atoms with van der Waals surface area (Å²) in [5.74, 6) is 0. The molecule has 3 heterocycles. The van der Waals surface area contributed by atoms with Crippen molar-refractivity contribution >= 4 is 16.8 Å². The zero-order valence-electron chi connectivity index (χ0n) is 15.6. The Morgan fingerprint density at radius 3 is 2.56 bits per heavy atom. The van der Waals surface area contributed by atoms with Gasteiger partial charge in [-0.25, -0.2) is 4.98 Å². The van der Waals surface area contributed by atoms with Gasteiger partial charge in [-0.3, -0.25) is 9.36 Å². The van der Waals surface area contributed by atoms with Crippen LogP contribution in [0.25, 0.3) is 27.9 Å². The monoisotopic (exact) mass is 363 g/mol. The molecule has 0 N–H and O–H groups in total. The number of nitrogens with zero attached hydrogens (tertiary/aromatic N) is 7. The van der Waals surface area contributed by atoms with Crippen LogP contribution in [0.5, 0.6) is 0 Å². The SMILES string of the molecule is CCc1nn2c(nnc3c(=O)n(CCN(C)C)cnc32)c1-c1ccccc1. The number of fused-ring (bicyclic) bond motifs is 3. The molecule has 27 heavy (non-hydrogen) atoms. The minimum Gasteiger partial charge on any atom is -0.308 e. The van der Waals surface area contributed by atoms with Crippen molar-refractivity contribution < 1.29 is 0 Å². The van der Waals surface area contributed by atoms with Crippen LogP contribution >= 0.6 is 0 Å². The second-order valence-corrected chi connectivity index (χ2v) is 6.70. The zero-order valence-corrected chi connectivity index (χ0v) is 15.6. The van der Waals surface area contributed by atoms with E-state index >= 15 is 0 Å². The third kappa shape index (κ3) is 2.97. The Kier molecular flexibility index (Phi) is 4.41. The van der Waals surface area contributed by atoms with E-state index in [4.69, 9.17) is 0 Å². The molecule has 3 aromatic heterocycles. The first-order valence-corrected chi connectivity index (χ1v) is 8.93. The van der Waals surface area contributed by atoms with Gasteiger partial charge in [0.15, 0.2) is 16.8 Å². The molecule has 138 valence electrons. The van der Waals surface area contributed by atoms with Crippen LogP contribution in [0.2, 0.25) is 0 Å². The molecule has 0 fully saturated rings. The normalized spacial score (nSPS) is 11.7. The van der Waals surface area contributed by atoms with Crippen LogP contribution in [-0.2, 0) is 13.0 Å². The van der Waals surface area contributed by atoms with Gasteiger partial charge in [0, 0.05) is 13.1 Å². The van der Waals surface area contributed by atoms with E-state index in [1.54, 1.807) is 15.4 Å². The number of hydrogen-bond donors (Lipinski definition) is 0. The molecule has 0 aliphatic carbocycles. The van der Waals surface area contributed by atoms with E-state index < -0.39 is 0 Å². The second kappa shape index (κ2) is 6.88. The highest BCUT2D eigenvalue weighted by atomic mass is 16.1. The summed E-state index contributed by atoms with van der Waals surface area (Å²) in [7, 11) is 3.92. The molecular formula is C19H21N7O. The average molecular weight is 363 g/mol. The molecule has 0 radical (unpaired) electrons. The van der Waals surface area contributed by atoms with Crippen LogP contribution in [0.4, 0.5) is 0 Å². The number of aromatic nitrogens is 6. The fraction of sp³-hybridized carbons (Fsp3) is 0.316. The van der Waals surface area contributed by atoms with Crippen LogP contribution in [-0.4, -0.2) is 54.9 Å². The molecule has 4 rings (SSSR count). The molecule has 0 amide bonds. The highest BCUT2D eigenvalue weighted by Gasteiger charge is 2.19. The van der Waals surface area contributed by atoms with E-state index in [1.165, 1.54) is 0 Å². The largest absolute Gasteiger partial charge is 0.308 e. The third-order valence-corrected chi connectivity index (χ3v) is 4.56. The smallest absolute Gasteiger partial charge is 0.283 e. The topological polar surface area (TPSA) is 81.2 Å². The summed E-state index contributed by atoms with van der Waals surface area (Å²) in [6.45, 7) is 3.33. The molecular weight excluding hydrogens is 342 g/mol. The maximum absolute atomic E-state index is 12.8. The second-order valence-electron chi connectivity index (χ2n) is 6.70. The van der Waals surface area contributed by atoms with Crippen LogP contribution in [0.1, 0.15) is 12.6 Å². The van der Waals surface area contributed by atoms with Gasteiger partial charge in [0.25, 0.3) is 5.56 Å². The van der Waals surface area contributed by atoms with Crippen molar-refractivity contribution in [2.45, 2.75) is 19.9 Å². The van der Waals surface area contributed by atoms with Gasteiger partial charge < -0.3 is 4.90 Å². The van der Waals surface area contributed by atoms with E-state index in [1.807, 2.05) is 56.3 Å². The van der Waals surface area contributed by atoms with Crippen molar-refractivity contribution in [2.75, 3.05) is 20.6 Å². The highest BCUT2D eigenvalue weighted by molar-refractivity contribution is 5.83. The molecule has 8 heteroatoms. The van der Waals surface area contributed by atoms with Crippen molar-refractivity contribution in [3.8, 4) is 11.1 Å². The quantitative estimate of drug-likeness (QED) is 0.536. The van der Waals surface area contributed by atoms with Crippen LogP contribution < -0.4 is 5.56 Å². The first-order chi connectivity index (χ1) is 13.1. The lowest BCUT2D eigenvalue weighted by Crippen LogP contribution is -2.28. The van der Waals surface area contributed by atoms with Gasteiger partial charge in [-0.05, 0) is 26.1 Å². The molecule has 0 spiro atoms. The molecule has 4 aromatic rings. The molecule has 0 saturated heterocycles. The molecule has 0 bridgehead atoms. The number of rotatable bonds is 5. The predicted octanol–water partition coefficient (Wildman–Crippen LogP) is 1.63. The van der Waals surface area contributed by atoms with E-state index in [-0.39, 0.29) is 11.1 Å². The van der Waals surface area contributed by atoms with Gasteiger partial charge in [-0.15, -0.1) is 10.2 Å². The summed E-state index contributed by atoms with van der Waals surface area (Å²) in [5.41, 5.74) is 3.94. The summed E-state index contributed by atoms with van der Waals surface area (Å²) in [6, 6.07) is 9.98. The van der Waals surface area contributed by atoms with Crippen LogP contribution in [0.3, 0.4) is 0 Å². The van der Waals surface area contributed by atoms with Crippen LogP contribution in [0.15, 0.2) is 41.5 Å². The summed E-state index contributed by atoms with van der Waals surface area (Å²) in [5, 5.41) is 13.2. The zero-order chi connectivity index (χ0) is 19.0. The lowest BCUT2D eigenvalue weighted by Gasteiger charge is -2.11. The molecule has 1 aromatic carbocycles. The molecule has 0 aliphatic rings. The number of aryl methyl sites for hydroxylation is 1. The Morgan fingerprint density at radius 1 is 1.07 bits per heavy atom. The van der Waals surface area contributed by atoms with E-state index in [0.717, 1.165) is 29.8 Å². The van der Waals surface area contributed by atoms with E-state index in [0.29, 0.717) is 17.8 Å². The molecule has 8 nitrogen and oxygen atoms in total. The number of likely N-dealkylation sites (N-methyl/N-ethyl adjacent to an activating group) is 1. The van der Waals surface area contributed by atoms with Crippen molar-refractivity contribution in [1.82, 2.24) is 34.3 Å². The molecule has 0 atom stereocenters. The molecule has 0 saturated carbocycles. The van der Waals surface area contributed by atoms with Crippen molar-refractivity contribution in [1.29, 1.82) is 0 Å². The van der Waals surface area contributed by atoms with E-state index in [2.05, 4.69) is 20.3 Å². The average Bonchev–Trinajstić information content (AvgIpc) is 3.07. The highest BCUT2D eigenvalue weighted by Crippen LogP contribution is 2.28. The fourth-order valence-corrected chi connectivity index (χ4v) is 3.12. The van der Waals surface area contributed by atoms with Crippen LogP contribution in [0, 0.1) is 0 Å². The maximum atomic E-state index is 12.8. The lowest BCUT2D eigenvalue weighted by atomic mass is 10.0. The third-order valence-electron chi connectivity index (χ3n) is 4.56. The number of hydrogen-bond acceptors (Lipinski definition) is 6. The summed E-state index contributed by atoms with van der Waals surface area (Å²) >= 11 is 0. The summed E-state index contributed by atoms with van der Waals surface area (Å²) in [4.78, 5) is 19.3. The fourth-order valence-electron chi connectivity index (χ4n) is 3.12. The minimum absolute atomic E-state index is 0.203. The van der Waals surface area contributed by atoms with E-state index in [9.17, 15) is 4.79 Å². The Morgan fingerprint density at radius 2 is 1.85 bits per heavy atom. The lowest BCUT2D eigenvalue weighted by molar-refractivity contribution is 0.380. The van der Waals surface area contributed by atoms with Gasteiger partial charge in [0.1, 0.15) is 6.33 Å². The Balaban J connectivity index is 1.94. The number of benzene rings is 1. The summed E-state index contributed by atoms with van der Waals surface area (Å²) in [6.07, 6.45) is 2.31. The molecule has 0 unspecified atom stereocenters. The van der Waals surface area contributed by atoms with Gasteiger partial charge in [-0.1, -0.05) is 37.3 Å². The standard InChI is InChI=1S/C19H21N7O/c1-4-14-15(13-8-6-5-7-9-13)17-22-21-16-18(26(17)23-14)20-12-25(19(16)27)11-10-24(2)3/h5-9,12H,4,10-11H2,1-3H3. The summed E-state index contributed by atoms with van der Waals surface area (Å²) < 4.78 is 3.20. The van der Waals surface area contributed by atoms with Gasteiger partial charge in [0.05, 0.1) is 11.3 Å². The van der Waals surface area contributed by atoms with Gasteiger partial charge >= 0.3 is 0 Å². The molecule has 0 aliphatic heterocycles.